The highest BCUT2D eigenvalue weighted by atomic mass is 19.1. The standard InChI is InChI=1S/C13H16FNO2/c1-9-4-2-3-7-15(9)13(17)11-6-5-10(14)8-12(11)16/h5-6,8-9,16H,2-4,7H2,1H3. The van der Waals surface area contributed by atoms with Crippen molar-refractivity contribution < 1.29 is 14.3 Å². The van der Waals surface area contributed by atoms with Crippen molar-refractivity contribution in [2.24, 2.45) is 0 Å². The number of amides is 1. The number of carbonyl (C=O) groups is 1. The number of aromatic hydroxyl groups is 1. The molecule has 4 heteroatoms. The van der Waals surface area contributed by atoms with Gasteiger partial charge >= 0.3 is 0 Å². The molecule has 1 unspecified atom stereocenters. The van der Waals surface area contributed by atoms with Crippen LogP contribution in [0.3, 0.4) is 0 Å². The predicted octanol–water partition coefficient (Wildman–Crippen LogP) is 2.55. The number of likely N-dealkylation sites (tertiary alicyclic amines) is 1. The Balaban J connectivity index is 2.24. The van der Waals surface area contributed by atoms with Crippen molar-refractivity contribution in [1.82, 2.24) is 4.90 Å². The minimum atomic E-state index is -0.536. The summed E-state index contributed by atoms with van der Waals surface area (Å²) in [7, 11) is 0. The van der Waals surface area contributed by atoms with Gasteiger partial charge in [-0.15, -0.1) is 0 Å². The number of rotatable bonds is 1. The van der Waals surface area contributed by atoms with Gasteiger partial charge < -0.3 is 10.0 Å². The van der Waals surface area contributed by atoms with Gasteiger partial charge in [-0.25, -0.2) is 4.39 Å². The second kappa shape index (κ2) is 4.73. The first kappa shape index (κ1) is 11.9. The fraction of sp³-hybridized carbons (Fsp3) is 0.462. The maximum Gasteiger partial charge on any atom is 0.257 e. The lowest BCUT2D eigenvalue weighted by atomic mass is 10.0. The average molecular weight is 237 g/mol. The van der Waals surface area contributed by atoms with Crippen LogP contribution in [0.25, 0.3) is 0 Å². The molecule has 0 bridgehead atoms. The highest BCUT2D eigenvalue weighted by Gasteiger charge is 2.25. The summed E-state index contributed by atoms with van der Waals surface area (Å²) in [6.45, 7) is 2.70. The summed E-state index contributed by atoms with van der Waals surface area (Å²) < 4.78 is 12.8. The van der Waals surface area contributed by atoms with Gasteiger partial charge in [0.2, 0.25) is 0 Å². The summed E-state index contributed by atoms with van der Waals surface area (Å²) in [5.74, 6) is -1.03. The Morgan fingerprint density at radius 3 is 2.88 bits per heavy atom. The van der Waals surface area contributed by atoms with E-state index in [1.165, 1.54) is 12.1 Å². The van der Waals surface area contributed by atoms with E-state index in [0.29, 0.717) is 6.54 Å². The SMILES string of the molecule is CC1CCCCN1C(=O)c1ccc(F)cc1O. The lowest BCUT2D eigenvalue weighted by molar-refractivity contribution is 0.0632. The quantitative estimate of drug-likeness (QED) is 0.815. The third-order valence-electron chi connectivity index (χ3n) is 3.25. The second-order valence-corrected chi connectivity index (χ2v) is 4.50. The molecule has 0 aliphatic carbocycles. The van der Waals surface area contributed by atoms with Gasteiger partial charge in [-0.1, -0.05) is 0 Å². The Kier molecular flexibility index (Phi) is 3.31. The van der Waals surface area contributed by atoms with E-state index in [4.69, 9.17) is 0 Å². The molecule has 1 heterocycles. The smallest absolute Gasteiger partial charge is 0.257 e. The molecule has 0 aromatic heterocycles. The summed E-state index contributed by atoms with van der Waals surface area (Å²) >= 11 is 0. The molecule has 0 spiro atoms. The largest absolute Gasteiger partial charge is 0.507 e. The molecule has 0 radical (unpaired) electrons. The number of piperidine rings is 1. The van der Waals surface area contributed by atoms with Gasteiger partial charge in [-0.2, -0.15) is 0 Å². The molecule has 1 N–H and O–H groups in total. The van der Waals surface area contributed by atoms with E-state index in [0.717, 1.165) is 25.3 Å². The third kappa shape index (κ3) is 2.40. The lowest BCUT2D eigenvalue weighted by Gasteiger charge is -2.33. The van der Waals surface area contributed by atoms with E-state index >= 15 is 0 Å². The van der Waals surface area contributed by atoms with Crippen LogP contribution in [0.1, 0.15) is 36.5 Å². The van der Waals surface area contributed by atoms with Crippen LogP contribution in [0.5, 0.6) is 5.75 Å². The van der Waals surface area contributed by atoms with Crippen LogP contribution in [0, 0.1) is 5.82 Å². The normalized spacial score (nSPS) is 20.4. The van der Waals surface area contributed by atoms with E-state index in [1.54, 1.807) is 4.90 Å². The zero-order valence-electron chi connectivity index (χ0n) is 9.82. The number of phenolic OH excluding ortho intramolecular Hbond substituents is 1. The van der Waals surface area contributed by atoms with Crippen LogP contribution in [-0.2, 0) is 0 Å². The molecule has 1 fully saturated rings. The molecule has 17 heavy (non-hydrogen) atoms. The summed E-state index contributed by atoms with van der Waals surface area (Å²) in [5, 5.41) is 9.59. The Bertz CT molecular complexity index is 433. The molecule has 1 aliphatic rings. The van der Waals surface area contributed by atoms with Gasteiger partial charge in [0.25, 0.3) is 5.91 Å². The first-order valence-corrected chi connectivity index (χ1v) is 5.89. The van der Waals surface area contributed by atoms with Crippen molar-refractivity contribution in [3.63, 3.8) is 0 Å². The van der Waals surface area contributed by atoms with Crippen molar-refractivity contribution >= 4 is 5.91 Å². The molecule has 2 rings (SSSR count). The monoisotopic (exact) mass is 237 g/mol. The van der Waals surface area contributed by atoms with Gasteiger partial charge in [-0.05, 0) is 38.3 Å². The highest BCUT2D eigenvalue weighted by Crippen LogP contribution is 2.24. The maximum absolute atomic E-state index is 12.8. The van der Waals surface area contributed by atoms with E-state index in [9.17, 15) is 14.3 Å². The van der Waals surface area contributed by atoms with Crippen LogP contribution < -0.4 is 0 Å². The van der Waals surface area contributed by atoms with Crippen LogP contribution in [-0.4, -0.2) is 28.5 Å². The molecular formula is C13H16FNO2. The van der Waals surface area contributed by atoms with E-state index in [-0.39, 0.29) is 23.3 Å². The minimum Gasteiger partial charge on any atom is -0.507 e. The maximum atomic E-state index is 12.8. The number of halogens is 1. The van der Waals surface area contributed by atoms with Gasteiger partial charge in [0.05, 0.1) is 5.56 Å². The lowest BCUT2D eigenvalue weighted by Crippen LogP contribution is -2.42. The Morgan fingerprint density at radius 2 is 2.24 bits per heavy atom. The Morgan fingerprint density at radius 1 is 1.47 bits per heavy atom. The molecular weight excluding hydrogens is 221 g/mol. The van der Waals surface area contributed by atoms with Gasteiger partial charge in [0.15, 0.2) is 0 Å². The first-order chi connectivity index (χ1) is 8.09. The molecule has 3 nitrogen and oxygen atoms in total. The highest BCUT2D eigenvalue weighted by molar-refractivity contribution is 5.97. The minimum absolute atomic E-state index is 0.181. The van der Waals surface area contributed by atoms with Crippen LogP contribution in [0.4, 0.5) is 4.39 Å². The molecule has 1 aliphatic heterocycles. The number of nitrogens with zero attached hydrogens (tertiary/aromatic N) is 1. The van der Waals surface area contributed by atoms with Gasteiger partial charge in [0, 0.05) is 18.7 Å². The van der Waals surface area contributed by atoms with Crippen LogP contribution in [0.15, 0.2) is 18.2 Å². The average Bonchev–Trinajstić information content (AvgIpc) is 2.29. The second-order valence-electron chi connectivity index (χ2n) is 4.50. The van der Waals surface area contributed by atoms with Crippen molar-refractivity contribution in [2.75, 3.05) is 6.54 Å². The van der Waals surface area contributed by atoms with Crippen molar-refractivity contribution in [1.29, 1.82) is 0 Å². The van der Waals surface area contributed by atoms with E-state index in [1.807, 2.05) is 6.92 Å². The first-order valence-electron chi connectivity index (χ1n) is 5.89. The molecule has 1 aromatic carbocycles. The van der Waals surface area contributed by atoms with Crippen molar-refractivity contribution in [2.45, 2.75) is 32.2 Å². The fourth-order valence-electron chi connectivity index (χ4n) is 2.24. The summed E-state index contributed by atoms with van der Waals surface area (Å²) in [4.78, 5) is 13.9. The predicted molar refractivity (Wildman–Crippen MR) is 62.4 cm³/mol. The van der Waals surface area contributed by atoms with Gasteiger partial charge in [-0.3, -0.25) is 4.79 Å². The molecule has 1 amide bonds. The Hall–Kier alpha value is -1.58. The van der Waals surface area contributed by atoms with E-state index < -0.39 is 5.82 Å². The number of phenols is 1. The zero-order valence-corrected chi connectivity index (χ0v) is 9.82. The summed E-state index contributed by atoms with van der Waals surface area (Å²) in [5.41, 5.74) is 0.181. The number of benzene rings is 1. The molecule has 92 valence electrons. The van der Waals surface area contributed by atoms with Crippen LogP contribution in [0.2, 0.25) is 0 Å². The number of carbonyl (C=O) groups excluding carboxylic acids is 1. The Labute approximate surface area is 99.9 Å². The molecule has 1 aromatic rings. The van der Waals surface area contributed by atoms with Crippen LogP contribution >= 0.6 is 0 Å². The molecule has 1 atom stereocenters. The van der Waals surface area contributed by atoms with Crippen molar-refractivity contribution in [3.8, 4) is 5.75 Å². The molecule has 0 saturated carbocycles. The van der Waals surface area contributed by atoms with Crippen molar-refractivity contribution in [3.05, 3.63) is 29.6 Å². The summed E-state index contributed by atoms with van der Waals surface area (Å²) in [6, 6.07) is 3.69. The summed E-state index contributed by atoms with van der Waals surface area (Å²) in [6.07, 6.45) is 3.09. The zero-order chi connectivity index (χ0) is 12.4. The number of hydrogen-bond donors (Lipinski definition) is 1. The number of hydrogen-bond acceptors (Lipinski definition) is 2. The third-order valence-corrected chi connectivity index (χ3v) is 3.25. The van der Waals surface area contributed by atoms with Gasteiger partial charge in [0.1, 0.15) is 11.6 Å². The van der Waals surface area contributed by atoms with E-state index in [2.05, 4.69) is 0 Å². The topological polar surface area (TPSA) is 40.5 Å². The molecule has 1 saturated heterocycles. The fourth-order valence-corrected chi connectivity index (χ4v) is 2.24.